The van der Waals surface area contributed by atoms with E-state index in [2.05, 4.69) is 14.9 Å². The molecule has 3 aliphatic rings. The maximum Gasteiger partial charge on any atom is 0.418 e. The first-order valence-corrected chi connectivity index (χ1v) is 9.58. The Hall–Kier alpha value is -2.21. The van der Waals surface area contributed by atoms with Gasteiger partial charge in [-0.25, -0.2) is 4.79 Å². The summed E-state index contributed by atoms with van der Waals surface area (Å²) in [6.07, 6.45) is 0.768. The van der Waals surface area contributed by atoms with Gasteiger partial charge < -0.3 is 15.5 Å². The Kier molecular flexibility index (Phi) is 4.10. The van der Waals surface area contributed by atoms with Crippen molar-refractivity contribution in [3.8, 4) is 0 Å². The Morgan fingerprint density at radius 3 is 2.81 bits per heavy atom. The lowest BCUT2D eigenvalue weighted by Crippen LogP contribution is -2.47. The van der Waals surface area contributed by atoms with Gasteiger partial charge in [-0.15, -0.1) is 4.28 Å². The van der Waals surface area contributed by atoms with E-state index < -0.39 is 28.5 Å². The van der Waals surface area contributed by atoms with Gasteiger partial charge in [-0.1, -0.05) is 6.07 Å². The lowest BCUT2D eigenvalue weighted by molar-refractivity contribution is -0.120. The van der Waals surface area contributed by atoms with Crippen LogP contribution in [-0.4, -0.2) is 53.5 Å². The summed E-state index contributed by atoms with van der Waals surface area (Å²) in [5.74, 6) is -0.337. The van der Waals surface area contributed by atoms with Crippen LogP contribution < -0.4 is 10.6 Å². The molecule has 0 saturated carbocycles. The number of hydrogen-bond acceptors (Lipinski definition) is 6. The molecule has 0 spiro atoms. The second-order valence-corrected chi connectivity index (χ2v) is 7.59. The Balaban J connectivity index is 1.47. The molecule has 1 aromatic carbocycles. The Morgan fingerprint density at radius 1 is 1.27 bits per heavy atom. The van der Waals surface area contributed by atoms with Crippen molar-refractivity contribution in [2.75, 3.05) is 11.9 Å². The van der Waals surface area contributed by atoms with E-state index in [4.69, 9.17) is 4.55 Å². The zero-order valence-corrected chi connectivity index (χ0v) is 14.5. The minimum atomic E-state index is -4.80. The van der Waals surface area contributed by atoms with Gasteiger partial charge >= 0.3 is 16.4 Å². The first kappa shape index (κ1) is 17.2. The van der Waals surface area contributed by atoms with Gasteiger partial charge in [0.15, 0.2) is 0 Å². The highest BCUT2D eigenvalue weighted by atomic mass is 32.3. The molecule has 2 bridgehead atoms. The molecule has 2 fully saturated rings. The largest absolute Gasteiger partial charge is 0.418 e. The predicted molar refractivity (Wildman–Crippen MR) is 89.0 cm³/mol. The van der Waals surface area contributed by atoms with Crippen molar-refractivity contribution >= 4 is 28.0 Å². The Morgan fingerprint density at radius 2 is 2.04 bits per heavy atom. The molecule has 0 radical (unpaired) electrons. The quantitative estimate of drug-likeness (QED) is 0.636. The predicted octanol–water partition coefficient (Wildman–Crippen LogP) is 0.231. The summed E-state index contributed by atoms with van der Waals surface area (Å²) >= 11 is 0. The number of benzene rings is 1. The maximum atomic E-state index is 12.6. The zero-order chi connectivity index (χ0) is 18.5. The molecule has 3 aliphatic heterocycles. The van der Waals surface area contributed by atoms with Crippen LogP contribution in [0.15, 0.2) is 18.2 Å². The van der Waals surface area contributed by atoms with Crippen LogP contribution in [0.5, 0.6) is 0 Å². The normalized spacial score (nSPS) is 24.7. The van der Waals surface area contributed by atoms with Crippen molar-refractivity contribution in [3.05, 3.63) is 29.3 Å². The highest BCUT2D eigenvalue weighted by molar-refractivity contribution is 7.80. The van der Waals surface area contributed by atoms with Crippen molar-refractivity contribution in [1.29, 1.82) is 0 Å². The number of anilines is 1. The fourth-order valence-corrected chi connectivity index (χ4v) is 4.09. The van der Waals surface area contributed by atoms with E-state index in [9.17, 15) is 18.0 Å². The van der Waals surface area contributed by atoms with E-state index >= 15 is 0 Å². The lowest BCUT2D eigenvalue weighted by atomic mass is 10.00. The van der Waals surface area contributed by atoms with E-state index in [1.165, 1.54) is 10.5 Å². The fraction of sp³-hybridized carbons (Fsp3) is 0.467. The first-order valence-electron chi connectivity index (χ1n) is 8.22. The van der Waals surface area contributed by atoms with Crippen molar-refractivity contribution in [2.24, 2.45) is 0 Å². The number of rotatable bonds is 4. The molecule has 3 heterocycles. The molecule has 0 aromatic heterocycles. The van der Waals surface area contributed by atoms with E-state index in [-0.39, 0.29) is 12.5 Å². The van der Waals surface area contributed by atoms with Crippen LogP contribution in [0.3, 0.4) is 0 Å². The molecule has 3 amide bonds. The summed E-state index contributed by atoms with van der Waals surface area (Å²) < 4.78 is 35.0. The standard InChI is InChI=1S/C15H18N4O6S/c20-14(17-11-2-1-9-6-16-7-10(9)5-11)13-4-3-12-8-18(13)15(21)19(12)25-26(22,23)24/h1-2,5,12-13,16H,3-4,6-8H2,(H,17,20)(H,22,23,24)/t12-,13+/m1/s1. The smallest absolute Gasteiger partial charge is 0.324 e. The molecule has 1 aromatic rings. The minimum absolute atomic E-state index is 0.167. The summed E-state index contributed by atoms with van der Waals surface area (Å²) in [5, 5.41) is 6.68. The molecular weight excluding hydrogens is 364 g/mol. The van der Waals surface area contributed by atoms with Crippen molar-refractivity contribution in [2.45, 2.75) is 38.0 Å². The molecule has 0 unspecified atom stereocenters. The van der Waals surface area contributed by atoms with Crippen LogP contribution in [0, 0.1) is 0 Å². The van der Waals surface area contributed by atoms with Crippen molar-refractivity contribution in [1.82, 2.24) is 15.3 Å². The summed E-state index contributed by atoms with van der Waals surface area (Å²) in [7, 11) is -4.80. The van der Waals surface area contributed by atoms with Crippen LogP contribution in [0.4, 0.5) is 10.5 Å². The van der Waals surface area contributed by atoms with Gasteiger partial charge in [0.05, 0.1) is 6.04 Å². The van der Waals surface area contributed by atoms with E-state index in [1.54, 1.807) is 0 Å². The second kappa shape index (κ2) is 6.20. The van der Waals surface area contributed by atoms with E-state index in [0.717, 1.165) is 18.7 Å². The monoisotopic (exact) mass is 382 g/mol. The fourth-order valence-electron chi connectivity index (χ4n) is 3.70. The molecule has 4 rings (SSSR count). The van der Waals surface area contributed by atoms with Crippen LogP contribution in [0.25, 0.3) is 0 Å². The molecular formula is C15H18N4O6S. The zero-order valence-electron chi connectivity index (χ0n) is 13.7. The SMILES string of the molecule is O=C(Nc1ccc2c(c1)CNC2)[C@@H]1CC[C@@H]2CN1C(=O)N2OS(=O)(=O)O. The van der Waals surface area contributed by atoms with Crippen molar-refractivity contribution < 1.29 is 26.8 Å². The molecule has 10 nitrogen and oxygen atoms in total. The molecule has 0 aliphatic carbocycles. The van der Waals surface area contributed by atoms with Crippen LogP contribution in [0.2, 0.25) is 0 Å². The second-order valence-electron chi connectivity index (χ2n) is 6.59. The molecule has 2 saturated heterocycles. The maximum absolute atomic E-state index is 12.6. The molecule has 2 atom stereocenters. The highest BCUT2D eigenvalue weighted by Gasteiger charge is 2.49. The van der Waals surface area contributed by atoms with Gasteiger partial charge in [-0.2, -0.15) is 13.5 Å². The molecule has 140 valence electrons. The van der Waals surface area contributed by atoms with Crippen LogP contribution >= 0.6 is 0 Å². The number of carbonyl (C=O) groups excluding carboxylic acids is 2. The highest BCUT2D eigenvalue weighted by Crippen LogP contribution is 2.31. The van der Waals surface area contributed by atoms with Gasteiger partial charge in [-0.05, 0) is 36.1 Å². The van der Waals surface area contributed by atoms with Gasteiger partial charge in [0.2, 0.25) is 5.91 Å². The summed E-state index contributed by atoms with van der Waals surface area (Å²) in [4.78, 5) is 26.3. The van der Waals surface area contributed by atoms with E-state index in [1.807, 2.05) is 18.2 Å². The number of hydroxylamine groups is 2. The van der Waals surface area contributed by atoms with E-state index in [0.29, 0.717) is 23.6 Å². The summed E-state index contributed by atoms with van der Waals surface area (Å²) in [5.41, 5.74) is 2.96. The number of nitrogens with zero attached hydrogens (tertiary/aromatic N) is 2. The van der Waals surface area contributed by atoms with Gasteiger partial charge in [-0.3, -0.25) is 9.35 Å². The molecule has 11 heteroatoms. The molecule has 26 heavy (non-hydrogen) atoms. The number of carbonyl (C=O) groups is 2. The van der Waals surface area contributed by atoms with Gasteiger partial charge in [0.1, 0.15) is 6.04 Å². The third-order valence-corrected chi connectivity index (χ3v) is 5.25. The average molecular weight is 382 g/mol. The van der Waals surface area contributed by atoms with Gasteiger partial charge in [0.25, 0.3) is 0 Å². The van der Waals surface area contributed by atoms with Gasteiger partial charge in [0, 0.05) is 25.3 Å². The number of nitrogens with one attached hydrogen (secondary N) is 2. The Labute approximate surface area is 150 Å². The molecule has 3 N–H and O–H groups in total. The average Bonchev–Trinajstić information content (AvgIpc) is 3.13. The number of hydrogen-bond donors (Lipinski definition) is 3. The summed E-state index contributed by atoms with van der Waals surface area (Å²) in [6, 6.07) is 3.68. The third kappa shape index (κ3) is 3.14. The third-order valence-electron chi connectivity index (χ3n) is 4.90. The van der Waals surface area contributed by atoms with Crippen LogP contribution in [0.1, 0.15) is 24.0 Å². The first-order chi connectivity index (χ1) is 12.3. The topological polar surface area (TPSA) is 128 Å². The number of urea groups is 1. The minimum Gasteiger partial charge on any atom is -0.324 e. The summed E-state index contributed by atoms with van der Waals surface area (Å²) in [6.45, 7) is 1.72. The Bertz CT molecular complexity index is 873. The van der Waals surface area contributed by atoms with Crippen LogP contribution in [-0.2, 0) is 32.6 Å². The number of amides is 3. The van der Waals surface area contributed by atoms with Crippen molar-refractivity contribution in [3.63, 3.8) is 0 Å². The lowest BCUT2D eigenvalue weighted by Gasteiger charge is -2.29. The number of fused-ring (bicyclic) bond motifs is 3. The number of piperidine rings is 1.